The van der Waals surface area contributed by atoms with Gasteiger partial charge in [-0.05, 0) is 25.0 Å². The molecule has 23 heavy (non-hydrogen) atoms. The summed E-state index contributed by atoms with van der Waals surface area (Å²) in [6, 6.07) is 3.93. The van der Waals surface area contributed by atoms with E-state index in [1.165, 1.54) is 0 Å². The SMILES string of the molecule is Cc1cnccc1NCCNc1cc([C@@H]2CCOC2)nc(N)n1. The number of hydrogen-bond acceptors (Lipinski definition) is 7. The molecule has 1 saturated heterocycles. The van der Waals surface area contributed by atoms with Crippen LogP contribution in [0.2, 0.25) is 0 Å². The molecule has 2 aromatic heterocycles. The highest BCUT2D eigenvalue weighted by atomic mass is 16.5. The molecule has 0 unspecified atom stereocenters. The van der Waals surface area contributed by atoms with Crippen LogP contribution in [-0.4, -0.2) is 41.3 Å². The molecule has 0 spiro atoms. The van der Waals surface area contributed by atoms with Gasteiger partial charge in [-0.15, -0.1) is 0 Å². The number of hydrogen-bond donors (Lipinski definition) is 3. The van der Waals surface area contributed by atoms with Crippen LogP contribution in [0.15, 0.2) is 24.5 Å². The van der Waals surface area contributed by atoms with Crippen molar-refractivity contribution in [1.29, 1.82) is 0 Å². The minimum Gasteiger partial charge on any atom is -0.383 e. The van der Waals surface area contributed by atoms with Gasteiger partial charge in [0.05, 0.1) is 12.3 Å². The summed E-state index contributed by atoms with van der Waals surface area (Å²) in [7, 11) is 0. The van der Waals surface area contributed by atoms with Crippen molar-refractivity contribution in [1.82, 2.24) is 15.0 Å². The molecule has 0 saturated carbocycles. The third-order valence-corrected chi connectivity index (χ3v) is 3.88. The van der Waals surface area contributed by atoms with Crippen molar-refractivity contribution in [2.24, 2.45) is 0 Å². The molecule has 0 aliphatic carbocycles. The number of nitrogens with one attached hydrogen (secondary N) is 2. The fourth-order valence-corrected chi connectivity index (χ4v) is 2.61. The summed E-state index contributed by atoms with van der Waals surface area (Å²) in [4.78, 5) is 12.7. The Labute approximate surface area is 135 Å². The second-order valence-corrected chi connectivity index (χ2v) is 5.64. The van der Waals surface area contributed by atoms with E-state index in [1.54, 1.807) is 6.20 Å². The molecule has 3 rings (SSSR count). The molecule has 7 nitrogen and oxygen atoms in total. The second kappa shape index (κ2) is 7.23. The Hall–Kier alpha value is -2.41. The number of anilines is 3. The number of aryl methyl sites for hydroxylation is 1. The molecule has 0 radical (unpaired) electrons. The molecule has 7 heteroatoms. The fourth-order valence-electron chi connectivity index (χ4n) is 2.61. The van der Waals surface area contributed by atoms with Gasteiger partial charge in [0.15, 0.2) is 0 Å². The van der Waals surface area contributed by atoms with E-state index in [1.807, 2.05) is 25.3 Å². The third-order valence-electron chi connectivity index (χ3n) is 3.88. The molecule has 3 heterocycles. The van der Waals surface area contributed by atoms with Crippen LogP contribution in [0.4, 0.5) is 17.5 Å². The van der Waals surface area contributed by atoms with Crippen molar-refractivity contribution < 1.29 is 4.74 Å². The number of nitrogen functional groups attached to an aromatic ring is 1. The summed E-state index contributed by atoms with van der Waals surface area (Å²) in [6.07, 6.45) is 4.61. The van der Waals surface area contributed by atoms with Crippen LogP contribution < -0.4 is 16.4 Å². The van der Waals surface area contributed by atoms with Crippen molar-refractivity contribution >= 4 is 17.5 Å². The lowest BCUT2D eigenvalue weighted by Crippen LogP contribution is -2.16. The normalized spacial score (nSPS) is 17.2. The van der Waals surface area contributed by atoms with Crippen LogP contribution in [0, 0.1) is 6.92 Å². The molecule has 1 fully saturated rings. The molecular formula is C16H22N6O. The first-order chi connectivity index (χ1) is 11.2. The number of pyridine rings is 1. The molecule has 0 amide bonds. The summed E-state index contributed by atoms with van der Waals surface area (Å²) >= 11 is 0. The van der Waals surface area contributed by atoms with Gasteiger partial charge in [0.25, 0.3) is 0 Å². The lowest BCUT2D eigenvalue weighted by atomic mass is 10.0. The molecule has 0 aromatic carbocycles. The summed E-state index contributed by atoms with van der Waals surface area (Å²) in [5.74, 6) is 1.38. The van der Waals surface area contributed by atoms with E-state index in [2.05, 4.69) is 25.6 Å². The number of aromatic nitrogens is 3. The van der Waals surface area contributed by atoms with E-state index in [0.717, 1.165) is 48.9 Å². The second-order valence-electron chi connectivity index (χ2n) is 5.64. The van der Waals surface area contributed by atoms with E-state index in [-0.39, 0.29) is 0 Å². The van der Waals surface area contributed by atoms with E-state index < -0.39 is 0 Å². The largest absolute Gasteiger partial charge is 0.383 e. The van der Waals surface area contributed by atoms with Crippen LogP contribution in [-0.2, 0) is 4.74 Å². The molecule has 122 valence electrons. The zero-order valence-corrected chi connectivity index (χ0v) is 13.2. The number of nitrogens with two attached hydrogens (primary N) is 1. The molecule has 1 atom stereocenters. The topological polar surface area (TPSA) is 98.0 Å². The van der Waals surface area contributed by atoms with Crippen LogP contribution in [0.5, 0.6) is 0 Å². The van der Waals surface area contributed by atoms with Crippen molar-refractivity contribution in [3.05, 3.63) is 35.8 Å². The smallest absolute Gasteiger partial charge is 0.222 e. The Morgan fingerprint density at radius 3 is 2.96 bits per heavy atom. The van der Waals surface area contributed by atoms with Gasteiger partial charge in [-0.25, -0.2) is 4.98 Å². The maximum absolute atomic E-state index is 5.82. The number of nitrogens with zero attached hydrogens (tertiary/aromatic N) is 3. The molecule has 1 aliphatic heterocycles. The Morgan fingerprint density at radius 1 is 1.30 bits per heavy atom. The highest BCUT2D eigenvalue weighted by Gasteiger charge is 2.20. The summed E-state index contributed by atoms with van der Waals surface area (Å²) in [6.45, 7) is 5.03. The van der Waals surface area contributed by atoms with Gasteiger partial charge in [-0.3, -0.25) is 4.98 Å². The minimum absolute atomic E-state index is 0.301. The van der Waals surface area contributed by atoms with E-state index in [9.17, 15) is 0 Å². The lowest BCUT2D eigenvalue weighted by molar-refractivity contribution is 0.193. The molecule has 1 aliphatic rings. The van der Waals surface area contributed by atoms with E-state index in [4.69, 9.17) is 10.5 Å². The third kappa shape index (κ3) is 4.07. The predicted octanol–water partition coefficient (Wildman–Crippen LogP) is 1.79. The maximum Gasteiger partial charge on any atom is 0.222 e. The predicted molar refractivity (Wildman–Crippen MR) is 90.6 cm³/mol. The van der Waals surface area contributed by atoms with Crippen molar-refractivity contribution in [2.75, 3.05) is 42.7 Å². The Balaban J connectivity index is 1.54. The van der Waals surface area contributed by atoms with Gasteiger partial charge in [-0.2, -0.15) is 4.98 Å². The highest BCUT2D eigenvalue weighted by Crippen LogP contribution is 2.25. The maximum atomic E-state index is 5.82. The average molecular weight is 314 g/mol. The monoisotopic (exact) mass is 314 g/mol. The summed E-state index contributed by atoms with van der Waals surface area (Å²) in [5.41, 5.74) is 8.99. The Morgan fingerprint density at radius 2 is 2.17 bits per heavy atom. The zero-order valence-electron chi connectivity index (χ0n) is 13.2. The van der Waals surface area contributed by atoms with Crippen LogP contribution in [0.3, 0.4) is 0 Å². The molecule has 4 N–H and O–H groups in total. The molecular weight excluding hydrogens is 292 g/mol. The summed E-state index contributed by atoms with van der Waals surface area (Å²) < 4.78 is 5.41. The Kier molecular flexibility index (Phi) is 4.87. The van der Waals surface area contributed by atoms with Gasteiger partial charge in [-0.1, -0.05) is 0 Å². The first-order valence-electron chi connectivity index (χ1n) is 7.83. The van der Waals surface area contributed by atoms with Gasteiger partial charge in [0.1, 0.15) is 5.82 Å². The van der Waals surface area contributed by atoms with E-state index in [0.29, 0.717) is 18.5 Å². The fraction of sp³-hybridized carbons (Fsp3) is 0.438. The van der Waals surface area contributed by atoms with E-state index >= 15 is 0 Å². The first kappa shape index (κ1) is 15.5. The van der Waals surface area contributed by atoms with Crippen molar-refractivity contribution in [3.8, 4) is 0 Å². The van der Waals surface area contributed by atoms with Gasteiger partial charge >= 0.3 is 0 Å². The molecule has 0 bridgehead atoms. The van der Waals surface area contributed by atoms with Crippen molar-refractivity contribution in [3.63, 3.8) is 0 Å². The first-order valence-corrected chi connectivity index (χ1v) is 7.83. The standard InChI is InChI=1S/C16H22N6O/c1-11-9-18-4-2-13(11)19-5-6-20-15-8-14(21-16(17)22-15)12-3-7-23-10-12/h2,4,8-9,12H,3,5-7,10H2,1H3,(H,18,19)(H3,17,20,21,22)/t12-/m1/s1. The Bertz CT molecular complexity index is 657. The van der Waals surface area contributed by atoms with Crippen LogP contribution in [0.1, 0.15) is 23.6 Å². The quantitative estimate of drug-likeness (QED) is 0.699. The zero-order chi connectivity index (χ0) is 16.1. The number of rotatable bonds is 6. The van der Waals surface area contributed by atoms with Gasteiger partial charge in [0, 0.05) is 49.8 Å². The average Bonchev–Trinajstić information content (AvgIpc) is 3.07. The lowest BCUT2D eigenvalue weighted by Gasteiger charge is -2.12. The van der Waals surface area contributed by atoms with Gasteiger partial charge < -0.3 is 21.1 Å². The van der Waals surface area contributed by atoms with Crippen LogP contribution in [0.25, 0.3) is 0 Å². The van der Waals surface area contributed by atoms with Crippen molar-refractivity contribution in [2.45, 2.75) is 19.3 Å². The number of ether oxygens (including phenoxy) is 1. The minimum atomic E-state index is 0.301. The summed E-state index contributed by atoms with van der Waals surface area (Å²) in [5, 5.41) is 6.66. The molecule has 2 aromatic rings. The van der Waals surface area contributed by atoms with Crippen LogP contribution >= 0.6 is 0 Å². The van der Waals surface area contributed by atoms with Gasteiger partial charge in [0.2, 0.25) is 5.95 Å². The highest BCUT2D eigenvalue weighted by molar-refractivity contribution is 5.49.